The molecule has 6 aromatic carbocycles. The summed E-state index contributed by atoms with van der Waals surface area (Å²) in [4.78, 5) is 0. The molecule has 4 bridgehead atoms. The summed E-state index contributed by atoms with van der Waals surface area (Å²) in [5, 5.41) is 5.68. The number of hydrogen-bond donors (Lipinski definition) is 0. The van der Waals surface area contributed by atoms with E-state index < -0.39 is 20.8 Å². The molecule has 0 unspecified atom stereocenters. The van der Waals surface area contributed by atoms with Crippen molar-refractivity contribution in [1.29, 1.82) is 0 Å². The molecule has 0 saturated heterocycles. The molecule has 0 spiro atoms. The maximum absolute atomic E-state index is 4.93. The van der Waals surface area contributed by atoms with Gasteiger partial charge in [0, 0.05) is 9.52 Å². The summed E-state index contributed by atoms with van der Waals surface area (Å²) in [6, 6.07) is 42.7. The van der Waals surface area contributed by atoms with Gasteiger partial charge in [0.25, 0.3) is 0 Å². The van der Waals surface area contributed by atoms with Crippen LogP contribution in [-0.4, -0.2) is 9.52 Å². The molecule has 290 valence electrons. The van der Waals surface area contributed by atoms with E-state index in [0.717, 1.165) is 21.4 Å². The van der Waals surface area contributed by atoms with Gasteiger partial charge in [-0.2, -0.15) is 12.1 Å². The van der Waals surface area contributed by atoms with Gasteiger partial charge in [-0.3, -0.25) is 0 Å². The van der Waals surface area contributed by atoms with E-state index in [1.54, 1.807) is 11.1 Å². The van der Waals surface area contributed by atoms with Crippen molar-refractivity contribution in [3.05, 3.63) is 131 Å². The van der Waals surface area contributed by atoms with Gasteiger partial charge in [0.2, 0.25) is 0 Å². The molecule has 4 aliphatic carbocycles. The van der Waals surface area contributed by atoms with Crippen LogP contribution in [0.5, 0.6) is 0 Å². The normalized spacial score (nSPS) is 22.9. The number of fused-ring (bicyclic) bond motifs is 6. The molecule has 2 radical (unpaired) electrons. The van der Waals surface area contributed by atoms with Crippen LogP contribution in [0.1, 0.15) is 99.8 Å². The molecule has 0 aromatic heterocycles. The summed E-state index contributed by atoms with van der Waals surface area (Å²) in [6.07, 6.45) is 18.7. The molecule has 4 fully saturated rings. The Bertz CT molecular complexity index is 1990. The van der Waals surface area contributed by atoms with Crippen LogP contribution >= 0.6 is 17.0 Å². The molecule has 0 N–H and O–H groups in total. The van der Waals surface area contributed by atoms with Crippen LogP contribution in [0.15, 0.2) is 109 Å². The summed E-state index contributed by atoms with van der Waals surface area (Å²) < 4.78 is 0. The van der Waals surface area contributed by atoms with Gasteiger partial charge in [0.05, 0.1) is 0 Å². The van der Waals surface area contributed by atoms with Gasteiger partial charge in [-0.05, 0) is 125 Å². The first-order valence-corrected chi connectivity index (χ1v) is 29.4. The second-order valence-corrected chi connectivity index (χ2v) is 22.8. The summed E-state index contributed by atoms with van der Waals surface area (Å²) in [5.41, 5.74) is 12.5. The van der Waals surface area contributed by atoms with Gasteiger partial charge in [-0.15, -0.1) is 69.1 Å². The molecule has 0 aliphatic heterocycles. The molecule has 0 nitrogen and oxygen atoms in total. The molecular formula is C52H60Cl2SiZr. The van der Waals surface area contributed by atoms with Gasteiger partial charge >= 0.3 is 37.9 Å². The van der Waals surface area contributed by atoms with Crippen LogP contribution in [0.25, 0.3) is 43.8 Å². The molecule has 10 rings (SSSR count). The van der Waals surface area contributed by atoms with Crippen molar-refractivity contribution in [2.75, 3.05) is 0 Å². The summed E-state index contributed by atoms with van der Waals surface area (Å²) in [6.45, 7) is 8.77. The Labute approximate surface area is 359 Å². The SMILES string of the molecule is CCC[Si]C.Cc1ccc(-c2cccc3[cH-]c(CC45CCC(CC4)C5)cc23)cc1.Cc1ccc(-c2cccc3[cH-]c(CC45CCC(CC4)C5)cc23)cc1.[Cl][Zr+2][Cl]. The fourth-order valence-electron chi connectivity index (χ4n) is 11.0. The third-order valence-corrected chi connectivity index (χ3v) is 14.8. The summed E-state index contributed by atoms with van der Waals surface area (Å²) >= 11 is -0.826. The minimum atomic E-state index is -0.826. The van der Waals surface area contributed by atoms with Crippen LogP contribution in [0.3, 0.4) is 0 Å². The predicted molar refractivity (Wildman–Crippen MR) is 243 cm³/mol. The van der Waals surface area contributed by atoms with Crippen molar-refractivity contribution >= 4 is 48.1 Å². The predicted octanol–water partition coefficient (Wildman–Crippen LogP) is 16.3. The van der Waals surface area contributed by atoms with Crippen LogP contribution in [0.2, 0.25) is 12.6 Å². The Hall–Kier alpha value is -2.22. The van der Waals surface area contributed by atoms with Gasteiger partial charge < -0.3 is 0 Å². The van der Waals surface area contributed by atoms with Crippen LogP contribution < -0.4 is 0 Å². The fourth-order valence-corrected chi connectivity index (χ4v) is 11.5. The standard InChI is InChI=1S/2C24H25.C4H10Si.2ClH.Zr/c2*1-17-5-7-20(8-6-17)22-4-2-3-21-13-19(14-23(21)22)16-24-11-9-18(15-24)10-12-24;1-3-4-5-2;;;/h2*2-8,13-14,18H,9-12,15-16H2,1H3;3-4H2,1-2H3;2*1H;/q2*-1;;;;+4/p-2. The van der Waals surface area contributed by atoms with Crippen molar-refractivity contribution in [3.63, 3.8) is 0 Å². The number of rotatable bonds is 8. The first-order valence-electron chi connectivity index (χ1n) is 21.4. The zero-order valence-corrected chi connectivity index (χ0v) is 39.2. The first-order chi connectivity index (χ1) is 27.2. The molecule has 0 amide bonds. The monoisotopic (exact) mass is 872 g/mol. The average Bonchev–Trinajstić information content (AvgIpc) is 4.07. The summed E-state index contributed by atoms with van der Waals surface area (Å²) in [7, 11) is 11.0. The van der Waals surface area contributed by atoms with Crippen molar-refractivity contribution < 1.29 is 20.8 Å². The van der Waals surface area contributed by atoms with E-state index >= 15 is 0 Å². The van der Waals surface area contributed by atoms with Gasteiger partial charge in [0.1, 0.15) is 0 Å². The zero-order chi connectivity index (χ0) is 39.1. The summed E-state index contributed by atoms with van der Waals surface area (Å²) in [5.74, 6) is 2.08. The molecule has 4 aliphatic rings. The quantitative estimate of drug-likeness (QED) is 0.106. The first kappa shape index (κ1) is 41.9. The molecule has 56 heavy (non-hydrogen) atoms. The molecule has 4 saturated carbocycles. The van der Waals surface area contributed by atoms with E-state index in [9.17, 15) is 0 Å². The number of hydrogen-bond acceptors (Lipinski definition) is 0. The van der Waals surface area contributed by atoms with E-state index in [4.69, 9.17) is 17.0 Å². The Morgan fingerprint density at radius 3 is 1.32 bits per heavy atom. The second kappa shape index (κ2) is 19.2. The zero-order valence-electron chi connectivity index (χ0n) is 34.2. The van der Waals surface area contributed by atoms with Crippen molar-refractivity contribution in [1.82, 2.24) is 0 Å². The number of benzene rings is 4. The Balaban J connectivity index is 0.000000145. The Kier molecular flexibility index (Phi) is 14.4. The minimum absolute atomic E-state index is 0.638. The van der Waals surface area contributed by atoms with Crippen molar-refractivity contribution in [2.24, 2.45) is 22.7 Å². The maximum atomic E-state index is 4.93. The Morgan fingerprint density at radius 1 is 0.625 bits per heavy atom. The van der Waals surface area contributed by atoms with Gasteiger partial charge in [-0.1, -0.05) is 109 Å². The van der Waals surface area contributed by atoms with E-state index in [0.29, 0.717) is 10.8 Å². The van der Waals surface area contributed by atoms with E-state index in [1.165, 1.54) is 144 Å². The molecule has 0 heterocycles. The molecule has 6 aromatic rings. The number of halogens is 2. The second-order valence-electron chi connectivity index (χ2n) is 17.9. The fraction of sp³-hybridized carbons (Fsp3) is 0.423. The molecular weight excluding hydrogens is 815 g/mol. The van der Waals surface area contributed by atoms with E-state index in [2.05, 4.69) is 137 Å². The van der Waals surface area contributed by atoms with Crippen LogP contribution in [0, 0.1) is 36.5 Å². The third kappa shape index (κ3) is 9.96. The average molecular weight is 875 g/mol. The van der Waals surface area contributed by atoms with Crippen molar-refractivity contribution in [3.8, 4) is 22.3 Å². The van der Waals surface area contributed by atoms with E-state index in [1.807, 2.05) is 0 Å². The van der Waals surface area contributed by atoms with Crippen LogP contribution in [-0.2, 0) is 33.7 Å². The van der Waals surface area contributed by atoms with Crippen LogP contribution in [0.4, 0.5) is 0 Å². The number of aryl methyl sites for hydroxylation is 2. The van der Waals surface area contributed by atoms with Gasteiger partial charge in [-0.25, -0.2) is 0 Å². The Morgan fingerprint density at radius 2 is 1.02 bits per heavy atom. The molecule has 0 atom stereocenters. The third-order valence-electron chi connectivity index (χ3n) is 13.8. The van der Waals surface area contributed by atoms with E-state index in [-0.39, 0.29) is 0 Å². The van der Waals surface area contributed by atoms with Gasteiger partial charge in [0.15, 0.2) is 0 Å². The molecule has 4 heteroatoms. The van der Waals surface area contributed by atoms with Crippen molar-refractivity contribution in [2.45, 2.75) is 117 Å². The topological polar surface area (TPSA) is 0 Å².